The van der Waals surface area contributed by atoms with Gasteiger partial charge in [-0.25, -0.2) is 4.79 Å². The fourth-order valence-corrected chi connectivity index (χ4v) is 2.48. The standard InChI is InChI=1S/C18H21N3O3/c1-12-15(9-14(10-19-12)18(23)24)17(22)21(4)11-13-7-5-6-8-16(13)20(2)3/h5-10H,11H2,1-4H3,(H,23,24). The first-order chi connectivity index (χ1) is 11.3. The van der Waals surface area contributed by atoms with Crippen molar-refractivity contribution in [3.05, 3.63) is 58.9 Å². The van der Waals surface area contributed by atoms with E-state index in [9.17, 15) is 9.59 Å². The Kier molecular flexibility index (Phi) is 5.18. The van der Waals surface area contributed by atoms with Gasteiger partial charge in [-0.05, 0) is 24.6 Å². The van der Waals surface area contributed by atoms with E-state index in [0.717, 1.165) is 11.3 Å². The number of carbonyl (C=O) groups is 2. The maximum atomic E-state index is 12.7. The van der Waals surface area contributed by atoms with Crippen LogP contribution in [0, 0.1) is 6.92 Å². The summed E-state index contributed by atoms with van der Waals surface area (Å²) in [6.07, 6.45) is 1.26. The topological polar surface area (TPSA) is 73.7 Å². The van der Waals surface area contributed by atoms with E-state index < -0.39 is 5.97 Å². The van der Waals surface area contributed by atoms with Gasteiger partial charge in [0.2, 0.25) is 0 Å². The van der Waals surface area contributed by atoms with E-state index in [0.29, 0.717) is 17.8 Å². The number of hydrogen-bond donors (Lipinski definition) is 1. The van der Waals surface area contributed by atoms with Crippen molar-refractivity contribution in [2.75, 3.05) is 26.0 Å². The van der Waals surface area contributed by atoms with E-state index in [2.05, 4.69) is 4.98 Å². The quantitative estimate of drug-likeness (QED) is 0.913. The molecule has 2 aromatic rings. The van der Waals surface area contributed by atoms with Crippen molar-refractivity contribution in [2.45, 2.75) is 13.5 Å². The van der Waals surface area contributed by atoms with Crippen molar-refractivity contribution in [1.29, 1.82) is 0 Å². The molecule has 0 spiro atoms. The van der Waals surface area contributed by atoms with Crippen molar-refractivity contribution in [2.24, 2.45) is 0 Å². The van der Waals surface area contributed by atoms with Crippen LogP contribution in [0.1, 0.15) is 32.0 Å². The Labute approximate surface area is 141 Å². The van der Waals surface area contributed by atoms with Crippen molar-refractivity contribution in [1.82, 2.24) is 9.88 Å². The summed E-state index contributed by atoms with van der Waals surface area (Å²) in [6, 6.07) is 9.22. The molecule has 24 heavy (non-hydrogen) atoms. The van der Waals surface area contributed by atoms with Crippen LogP contribution < -0.4 is 4.90 Å². The van der Waals surface area contributed by atoms with Crippen molar-refractivity contribution < 1.29 is 14.7 Å². The van der Waals surface area contributed by atoms with Crippen LogP contribution in [0.4, 0.5) is 5.69 Å². The second kappa shape index (κ2) is 7.12. The van der Waals surface area contributed by atoms with Gasteiger partial charge in [0.15, 0.2) is 0 Å². The second-order valence-electron chi connectivity index (χ2n) is 5.85. The summed E-state index contributed by atoms with van der Waals surface area (Å²) in [4.78, 5) is 31.4. The minimum absolute atomic E-state index is 0.00559. The predicted molar refractivity (Wildman–Crippen MR) is 92.5 cm³/mol. The molecule has 1 heterocycles. The zero-order chi connectivity index (χ0) is 17.9. The summed E-state index contributed by atoms with van der Waals surface area (Å²) < 4.78 is 0. The molecule has 0 aliphatic heterocycles. The minimum atomic E-state index is -1.10. The Morgan fingerprint density at radius 1 is 1.17 bits per heavy atom. The number of rotatable bonds is 5. The SMILES string of the molecule is Cc1ncc(C(=O)O)cc1C(=O)N(C)Cc1ccccc1N(C)C. The van der Waals surface area contributed by atoms with Gasteiger partial charge < -0.3 is 14.9 Å². The average Bonchev–Trinajstić information content (AvgIpc) is 2.54. The van der Waals surface area contributed by atoms with Gasteiger partial charge in [-0.1, -0.05) is 18.2 Å². The highest BCUT2D eigenvalue weighted by Crippen LogP contribution is 2.20. The number of aromatic carboxylic acids is 1. The molecule has 1 aromatic heterocycles. The molecule has 0 aliphatic rings. The van der Waals surface area contributed by atoms with Crippen LogP contribution in [0.3, 0.4) is 0 Å². The summed E-state index contributed by atoms with van der Waals surface area (Å²) in [5, 5.41) is 9.08. The highest BCUT2D eigenvalue weighted by Gasteiger charge is 2.18. The molecule has 0 aliphatic carbocycles. The van der Waals surface area contributed by atoms with Gasteiger partial charge in [0, 0.05) is 39.6 Å². The van der Waals surface area contributed by atoms with Gasteiger partial charge in [0.1, 0.15) is 0 Å². The molecule has 0 saturated heterocycles. The fraction of sp³-hybridized carbons (Fsp3) is 0.278. The van der Waals surface area contributed by atoms with Gasteiger partial charge >= 0.3 is 5.97 Å². The van der Waals surface area contributed by atoms with Crippen LogP contribution in [-0.4, -0.2) is 48.0 Å². The van der Waals surface area contributed by atoms with Crippen molar-refractivity contribution in [3.63, 3.8) is 0 Å². The molecule has 0 unspecified atom stereocenters. The van der Waals surface area contributed by atoms with Crippen LogP contribution >= 0.6 is 0 Å². The molecule has 0 radical (unpaired) electrons. The number of benzene rings is 1. The number of amides is 1. The Morgan fingerprint density at radius 2 is 1.83 bits per heavy atom. The van der Waals surface area contributed by atoms with Crippen molar-refractivity contribution in [3.8, 4) is 0 Å². The monoisotopic (exact) mass is 327 g/mol. The first-order valence-electron chi connectivity index (χ1n) is 7.52. The van der Waals surface area contributed by atoms with E-state index in [1.165, 1.54) is 12.3 Å². The molecule has 2 rings (SSSR count). The van der Waals surface area contributed by atoms with Crippen molar-refractivity contribution >= 4 is 17.6 Å². The minimum Gasteiger partial charge on any atom is -0.478 e. The van der Waals surface area contributed by atoms with Crippen LogP contribution in [0.15, 0.2) is 36.5 Å². The van der Waals surface area contributed by atoms with E-state index in [1.807, 2.05) is 43.3 Å². The lowest BCUT2D eigenvalue weighted by atomic mass is 10.1. The Morgan fingerprint density at radius 3 is 2.46 bits per heavy atom. The molecule has 0 bridgehead atoms. The first-order valence-corrected chi connectivity index (χ1v) is 7.52. The van der Waals surface area contributed by atoms with E-state index >= 15 is 0 Å². The largest absolute Gasteiger partial charge is 0.478 e. The number of aromatic nitrogens is 1. The normalized spacial score (nSPS) is 10.3. The molecule has 6 heteroatoms. The third-order valence-corrected chi connectivity index (χ3v) is 3.79. The smallest absolute Gasteiger partial charge is 0.337 e. The Hall–Kier alpha value is -2.89. The summed E-state index contributed by atoms with van der Waals surface area (Å²) in [5.41, 5.74) is 2.87. The summed E-state index contributed by atoms with van der Waals surface area (Å²) in [7, 11) is 5.60. The first kappa shape index (κ1) is 17.5. The van der Waals surface area contributed by atoms with E-state index in [4.69, 9.17) is 5.11 Å². The predicted octanol–water partition coefficient (Wildman–Crippen LogP) is 2.43. The highest BCUT2D eigenvalue weighted by molar-refractivity contribution is 5.98. The Balaban J connectivity index is 2.28. The van der Waals surface area contributed by atoms with Crippen LogP contribution in [0.2, 0.25) is 0 Å². The van der Waals surface area contributed by atoms with Crippen LogP contribution in [0.25, 0.3) is 0 Å². The number of carboxylic acid groups (broad SMARTS) is 1. The summed E-state index contributed by atoms with van der Waals surface area (Å²) in [6.45, 7) is 2.12. The number of anilines is 1. The third kappa shape index (κ3) is 3.71. The van der Waals surface area contributed by atoms with Crippen LogP contribution in [0.5, 0.6) is 0 Å². The lowest BCUT2D eigenvalue weighted by molar-refractivity contribution is 0.0696. The molecule has 1 aromatic carbocycles. The molecule has 126 valence electrons. The summed E-state index contributed by atoms with van der Waals surface area (Å²) in [5.74, 6) is -1.35. The molecular weight excluding hydrogens is 306 g/mol. The average molecular weight is 327 g/mol. The molecular formula is C18H21N3O3. The van der Waals surface area contributed by atoms with E-state index in [-0.39, 0.29) is 11.5 Å². The lowest BCUT2D eigenvalue weighted by Crippen LogP contribution is -2.28. The maximum Gasteiger partial charge on any atom is 0.337 e. The number of pyridine rings is 1. The number of carboxylic acids is 1. The van der Waals surface area contributed by atoms with E-state index in [1.54, 1.807) is 18.9 Å². The third-order valence-electron chi connectivity index (χ3n) is 3.79. The number of carbonyl (C=O) groups excluding carboxylic acids is 1. The number of hydrogen-bond acceptors (Lipinski definition) is 4. The molecule has 6 nitrogen and oxygen atoms in total. The van der Waals surface area contributed by atoms with Gasteiger partial charge in [-0.3, -0.25) is 9.78 Å². The highest BCUT2D eigenvalue weighted by atomic mass is 16.4. The molecule has 0 atom stereocenters. The molecule has 1 N–H and O–H groups in total. The van der Waals surface area contributed by atoms with Gasteiger partial charge in [-0.15, -0.1) is 0 Å². The maximum absolute atomic E-state index is 12.7. The summed E-state index contributed by atoms with van der Waals surface area (Å²) >= 11 is 0. The lowest BCUT2D eigenvalue weighted by Gasteiger charge is -2.23. The van der Waals surface area contributed by atoms with Crippen LogP contribution in [-0.2, 0) is 6.54 Å². The zero-order valence-corrected chi connectivity index (χ0v) is 14.3. The van der Waals surface area contributed by atoms with Gasteiger partial charge in [0.05, 0.1) is 16.8 Å². The van der Waals surface area contributed by atoms with Gasteiger partial charge in [0.25, 0.3) is 5.91 Å². The number of aryl methyl sites for hydroxylation is 1. The fourth-order valence-electron chi connectivity index (χ4n) is 2.48. The molecule has 0 fully saturated rings. The second-order valence-corrected chi connectivity index (χ2v) is 5.85. The number of nitrogens with zero attached hydrogens (tertiary/aromatic N) is 3. The van der Waals surface area contributed by atoms with Gasteiger partial charge in [-0.2, -0.15) is 0 Å². The zero-order valence-electron chi connectivity index (χ0n) is 14.3. The molecule has 1 amide bonds. The Bertz CT molecular complexity index is 772. The number of para-hydroxylation sites is 1. The molecule has 0 saturated carbocycles.